The molecule has 0 aliphatic rings. The number of furan rings is 1. The summed E-state index contributed by atoms with van der Waals surface area (Å²) in [5.74, 6) is 0.992. The maximum atomic E-state index is 5.39. The van der Waals surface area contributed by atoms with Crippen molar-refractivity contribution in [3.05, 3.63) is 59.5 Å². The third-order valence-electron chi connectivity index (χ3n) is 3.45. The van der Waals surface area contributed by atoms with Crippen molar-refractivity contribution in [2.45, 2.75) is 26.4 Å². The van der Waals surface area contributed by atoms with E-state index in [9.17, 15) is 0 Å². The zero-order valence-corrected chi connectivity index (χ0v) is 12.6. The van der Waals surface area contributed by atoms with Crippen LogP contribution in [0.5, 0.6) is 0 Å². The van der Waals surface area contributed by atoms with Crippen LogP contribution < -0.4 is 5.32 Å². The molecular weight excluding hydrogens is 248 g/mol. The molecule has 0 bridgehead atoms. The number of hydrogen-bond donors (Lipinski definition) is 1. The van der Waals surface area contributed by atoms with E-state index in [0.717, 1.165) is 25.4 Å². The van der Waals surface area contributed by atoms with Gasteiger partial charge in [0.25, 0.3) is 0 Å². The first-order chi connectivity index (χ1) is 9.65. The Kier molecular flexibility index (Phi) is 5.39. The van der Waals surface area contributed by atoms with Crippen LogP contribution in [0.1, 0.15) is 29.9 Å². The number of likely N-dealkylation sites (N-methyl/N-ethyl adjacent to an activating group) is 1. The summed E-state index contributed by atoms with van der Waals surface area (Å²) in [5, 5.41) is 3.48. The molecule has 2 rings (SSSR count). The van der Waals surface area contributed by atoms with Gasteiger partial charge in [-0.15, -0.1) is 0 Å². The van der Waals surface area contributed by atoms with E-state index >= 15 is 0 Å². The van der Waals surface area contributed by atoms with Crippen LogP contribution in [-0.2, 0) is 6.54 Å². The summed E-state index contributed by atoms with van der Waals surface area (Å²) in [6, 6.07) is 12.9. The number of benzene rings is 1. The van der Waals surface area contributed by atoms with Crippen molar-refractivity contribution in [1.29, 1.82) is 0 Å². The Balaban J connectivity index is 1.71. The van der Waals surface area contributed by atoms with E-state index in [1.165, 1.54) is 11.1 Å². The number of hydrogen-bond acceptors (Lipinski definition) is 3. The Labute approximate surface area is 121 Å². The minimum atomic E-state index is 0.261. The molecule has 1 heterocycles. The van der Waals surface area contributed by atoms with E-state index in [4.69, 9.17) is 4.42 Å². The third-order valence-corrected chi connectivity index (χ3v) is 3.45. The molecule has 1 aromatic heterocycles. The minimum absolute atomic E-state index is 0.261. The van der Waals surface area contributed by atoms with Crippen LogP contribution in [0.25, 0.3) is 0 Å². The van der Waals surface area contributed by atoms with Gasteiger partial charge in [-0.2, -0.15) is 0 Å². The average molecular weight is 272 g/mol. The molecule has 0 aliphatic carbocycles. The second-order valence-corrected chi connectivity index (χ2v) is 5.42. The van der Waals surface area contributed by atoms with E-state index in [2.05, 4.69) is 55.4 Å². The fraction of sp³-hybridized carbons (Fsp3) is 0.412. The third kappa shape index (κ3) is 4.51. The monoisotopic (exact) mass is 272 g/mol. The topological polar surface area (TPSA) is 28.4 Å². The lowest BCUT2D eigenvalue weighted by Gasteiger charge is -2.19. The molecule has 3 heteroatoms. The van der Waals surface area contributed by atoms with E-state index < -0.39 is 0 Å². The van der Waals surface area contributed by atoms with Crippen LogP contribution in [0.2, 0.25) is 0 Å². The standard InChI is InChI=1S/C17H24N2O/c1-14-6-4-7-16(12-14)13-19(3)10-9-18-15(2)17-8-5-11-20-17/h4-8,11-12,15,18H,9-10,13H2,1-3H3. The summed E-state index contributed by atoms with van der Waals surface area (Å²) in [5.41, 5.74) is 2.69. The minimum Gasteiger partial charge on any atom is -0.468 e. The maximum Gasteiger partial charge on any atom is 0.120 e. The highest BCUT2D eigenvalue weighted by molar-refractivity contribution is 5.21. The van der Waals surface area contributed by atoms with Crippen molar-refractivity contribution in [3.63, 3.8) is 0 Å². The van der Waals surface area contributed by atoms with Gasteiger partial charge in [0, 0.05) is 19.6 Å². The summed E-state index contributed by atoms with van der Waals surface area (Å²) in [7, 11) is 2.15. The Morgan fingerprint density at radius 1 is 1.25 bits per heavy atom. The number of rotatable bonds is 7. The van der Waals surface area contributed by atoms with Crippen molar-refractivity contribution >= 4 is 0 Å². The molecule has 0 radical (unpaired) electrons. The molecule has 0 amide bonds. The van der Waals surface area contributed by atoms with Crippen molar-refractivity contribution < 1.29 is 4.42 Å². The van der Waals surface area contributed by atoms with E-state index in [-0.39, 0.29) is 6.04 Å². The molecule has 1 atom stereocenters. The zero-order chi connectivity index (χ0) is 14.4. The first kappa shape index (κ1) is 14.8. The predicted octanol–water partition coefficient (Wildman–Crippen LogP) is 3.37. The lowest BCUT2D eigenvalue weighted by molar-refractivity contribution is 0.313. The molecular formula is C17H24N2O. The molecule has 3 nitrogen and oxygen atoms in total. The highest BCUT2D eigenvalue weighted by atomic mass is 16.3. The van der Waals surface area contributed by atoms with Crippen molar-refractivity contribution in [2.75, 3.05) is 20.1 Å². The van der Waals surface area contributed by atoms with Gasteiger partial charge in [-0.1, -0.05) is 29.8 Å². The van der Waals surface area contributed by atoms with Gasteiger partial charge in [-0.3, -0.25) is 0 Å². The molecule has 0 fully saturated rings. The predicted molar refractivity (Wildman–Crippen MR) is 82.6 cm³/mol. The SMILES string of the molecule is Cc1cccc(CN(C)CCNC(C)c2ccco2)c1. The summed E-state index contributed by atoms with van der Waals surface area (Å²) in [6.07, 6.45) is 1.72. The van der Waals surface area contributed by atoms with Gasteiger partial charge in [0.05, 0.1) is 12.3 Å². The van der Waals surface area contributed by atoms with Crippen LogP contribution in [0, 0.1) is 6.92 Å². The Bertz CT molecular complexity index is 507. The van der Waals surface area contributed by atoms with Gasteiger partial charge in [0.2, 0.25) is 0 Å². The fourth-order valence-electron chi connectivity index (χ4n) is 2.31. The van der Waals surface area contributed by atoms with E-state index in [1.807, 2.05) is 12.1 Å². The smallest absolute Gasteiger partial charge is 0.120 e. The van der Waals surface area contributed by atoms with Gasteiger partial charge in [-0.05, 0) is 38.6 Å². The molecule has 0 aliphatic heterocycles. The van der Waals surface area contributed by atoms with E-state index in [1.54, 1.807) is 6.26 Å². The highest BCUT2D eigenvalue weighted by Gasteiger charge is 2.07. The van der Waals surface area contributed by atoms with Crippen LogP contribution >= 0.6 is 0 Å². The van der Waals surface area contributed by atoms with Crippen LogP contribution in [0.15, 0.2) is 47.1 Å². The molecule has 0 spiro atoms. The number of nitrogens with zero attached hydrogens (tertiary/aromatic N) is 1. The summed E-state index contributed by atoms with van der Waals surface area (Å²) >= 11 is 0. The molecule has 108 valence electrons. The Morgan fingerprint density at radius 3 is 2.80 bits per heavy atom. The van der Waals surface area contributed by atoms with E-state index in [0.29, 0.717) is 0 Å². The number of aryl methyl sites for hydroxylation is 1. The number of nitrogens with one attached hydrogen (secondary N) is 1. The van der Waals surface area contributed by atoms with Crippen LogP contribution in [0.4, 0.5) is 0 Å². The Morgan fingerprint density at radius 2 is 2.10 bits per heavy atom. The maximum absolute atomic E-state index is 5.39. The quantitative estimate of drug-likeness (QED) is 0.837. The Hall–Kier alpha value is -1.58. The van der Waals surface area contributed by atoms with Gasteiger partial charge >= 0.3 is 0 Å². The van der Waals surface area contributed by atoms with Crippen molar-refractivity contribution in [3.8, 4) is 0 Å². The van der Waals surface area contributed by atoms with Crippen LogP contribution in [-0.4, -0.2) is 25.0 Å². The first-order valence-corrected chi connectivity index (χ1v) is 7.16. The molecule has 0 saturated heterocycles. The molecule has 20 heavy (non-hydrogen) atoms. The highest BCUT2D eigenvalue weighted by Crippen LogP contribution is 2.11. The lowest BCUT2D eigenvalue weighted by atomic mass is 10.1. The van der Waals surface area contributed by atoms with Gasteiger partial charge < -0.3 is 14.6 Å². The molecule has 2 aromatic rings. The molecule has 1 N–H and O–H groups in total. The molecule has 0 saturated carbocycles. The van der Waals surface area contributed by atoms with Crippen molar-refractivity contribution in [1.82, 2.24) is 10.2 Å². The lowest BCUT2D eigenvalue weighted by Crippen LogP contribution is -2.30. The largest absolute Gasteiger partial charge is 0.468 e. The average Bonchev–Trinajstić information content (AvgIpc) is 2.92. The zero-order valence-electron chi connectivity index (χ0n) is 12.6. The van der Waals surface area contributed by atoms with Gasteiger partial charge in [-0.25, -0.2) is 0 Å². The normalized spacial score (nSPS) is 12.8. The van der Waals surface area contributed by atoms with Crippen LogP contribution in [0.3, 0.4) is 0 Å². The summed E-state index contributed by atoms with van der Waals surface area (Å²) in [4.78, 5) is 2.33. The van der Waals surface area contributed by atoms with Gasteiger partial charge in [0.15, 0.2) is 0 Å². The second-order valence-electron chi connectivity index (χ2n) is 5.42. The fourth-order valence-corrected chi connectivity index (χ4v) is 2.31. The first-order valence-electron chi connectivity index (χ1n) is 7.16. The summed E-state index contributed by atoms with van der Waals surface area (Å²) < 4.78 is 5.39. The second kappa shape index (κ2) is 7.27. The molecule has 1 unspecified atom stereocenters. The van der Waals surface area contributed by atoms with Gasteiger partial charge in [0.1, 0.15) is 5.76 Å². The summed E-state index contributed by atoms with van der Waals surface area (Å²) in [6.45, 7) is 7.21. The van der Waals surface area contributed by atoms with Crippen molar-refractivity contribution in [2.24, 2.45) is 0 Å². The molecule has 1 aromatic carbocycles.